The summed E-state index contributed by atoms with van der Waals surface area (Å²) in [6.45, 7) is 3.27. The van der Waals surface area contributed by atoms with Gasteiger partial charge in [0.1, 0.15) is 6.10 Å². The molecular weight excluding hydrogens is 204 g/mol. The molecule has 2 N–H and O–H groups in total. The topological polar surface area (TPSA) is 77.4 Å². The highest BCUT2D eigenvalue weighted by molar-refractivity contribution is 4.52. The minimum atomic E-state index is -0.344. The van der Waals surface area contributed by atoms with Crippen LogP contribution in [0.5, 0.6) is 0 Å². The van der Waals surface area contributed by atoms with Crippen molar-refractivity contribution in [1.82, 2.24) is 0 Å². The largest absolute Gasteiger partial charge is 0.394 e. The molecule has 0 aromatic rings. The first kappa shape index (κ1) is 14.8. The van der Waals surface area contributed by atoms with Gasteiger partial charge in [0.2, 0.25) is 0 Å². The molecular formula is C9H20O6. The zero-order valence-electron chi connectivity index (χ0n) is 9.05. The molecule has 0 bridgehead atoms. The van der Waals surface area contributed by atoms with Crippen LogP contribution >= 0.6 is 0 Å². The summed E-state index contributed by atoms with van der Waals surface area (Å²) in [6.07, 6.45) is -0.344. The lowest BCUT2D eigenvalue weighted by atomic mass is 10.4. The van der Waals surface area contributed by atoms with Crippen LogP contribution in [0.25, 0.3) is 0 Å². The summed E-state index contributed by atoms with van der Waals surface area (Å²) in [5, 5.41) is 17.0. The summed E-state index contributed by atoms with van der Waals surface area (Å²) in [4.78, 5) is 9.74. The van der Waals surface area contributed by atoms with Gasteiger partial charge in [0.05, 0.1) is 46.2 Å². The van der Waals surface area contributed by atoms with Crippen molar-refractivity contribution < 1.29 is 29.5 Å². The molecule has 6 heteroatoms. The van der Waals surface area contributed by atoms with E-state index in [0.29, 0.717) is 6.61 Å². The zero-order chi connectivity index (χ0) is 11.4. The standard InChI is InChI=1S/C9H20O6/c1-2-14-15-9(7-12-5-3-10)8-13-6-4-11/h9-11H,2-8H2,1H3. The summed E-state index contributed by atoms with van der Waals surface area (Å²) in [7, 11) is 0. The van der Waals surface area contributed by atoms with E-state index in [-0.39, 0.29) is 45.7 Å². The van der Waals surface area contributed by atoms with E-state index in [0.717, 1.165) is 0 Å². The maximum Gasteiger partial charge on any atom is 0.139 e. The molecule has 0 spiro atoms. The van der Waals surface area contributed by atoms with Gasteiger partial charge in [-0.15, -0.1) is 0 Å². The maximum atomic E-state index is 8.51. The fraction of sp³-hybridized carbons (Fsp3) is 1.00. The van der Waals surface area contributed by atoms with Gasteiger partial charge in [-0.1, -0.05) is 0 Å². The molecule has 15 heavy (non-hydrogen) atoms. The highest BCUT2D eigenvalue weighted by Gasteiger charge is 2.10. The predicted octanol–water partition coefficient (Wildman–Crippen LogP) is -0.659. The van der Waals surface area contributed by atoms with Gasteiger partial charge in [0, 0.05) is 0 Å². The van der Waals surface area contributed by atoms with E-state index in [4.69, 9.17) is 29.5 Å². The first-order valence-electron chi connectivity index (χ1n) is 5.00. The van der Waals surface area contributed by atoms with E-state index < -0.39 is 0 Å². The molecule has 0 radical (unpaired) electrons. The molecule has 0 aromatic carbocycles. The first-order chi connectivity index (χ1) is 7.35. The summed E-state index contributed by atoms with van der Waals surface area (Å²) >= 11 is 0. The first-order valence-corrected chi connectivity index (χ1v) is 5.00. The molecule has 0 aliphatic rings. The third-order valence-corrected chi connectivity index (χ3v) is 1.40. The van der Waals surface area contributed by atoms with Gasteiger partial charge in [0.15, 0.2) is 0 Å². The summed E-state index contributed by atoms with van der Waals surface area (Å²) < 4.78 is 10.2. The minimum Gasteiger partial charge on any atom is -0.394 e. The predicted molar refractivity (Wildman–Crippen MR) is 52.3 cm³/mol. The molecule has 0 heterocycles. The van der Waals surface area contributed by atoms with Gasteiger partial charge < -0.3 is 19.7 Å². The lowest BCUT2D eigenvalue weighted by Gasteiger charge is -2.16. The SMILES string of the molecule is CCOOC(COCCO)COCCO. The number of hydrogen-bond donors (Lipinski definition) is 2. The van der Waals surface area contributed by atoms with Crippen LogP contribution in [0, 0.1) is 0 Å². The van der Waals surface area contributed by atoms with E-state index in [1.54, 1.807) is 6.92 Å². The van der Waals surface area contributed by atoms with Gasteiger partial charge in [-0.25, -0.2) is 9.78 Å². The van der Waals surface area contributed by atoms with Crippen LogP contribution in [-0.4, -0.2) is 62.6 Å². The Morgan fingerprint density at radius 3 is 1.93 bits per heavy atom. The van der Waals surface area contributed by atoms with Crippen LogP contribution in [0.3, 0.4) is 0 Å². The Kier molecular flexibility index (Phi) is 11.6. The molecule has 0 aliphatic heterocycles. The lowest BCUT2D eigenvalue weighted by molar-refractivity contribution is -0.334. The summed E-state index contributed by atoms with van der Waals surface area (Å²) in [5.74, 6) is 0. The Morgan fingerprint density at radius 1 is 1.00 bits per heavy atom. The van der Waals surface area contributed by atoms with Crippen molar-refractivity contribution in [3.63, 3.8) is 0 Å². The van der Waals surface area contributed by atoms with Gasteiger partial charge in [0.25, 0.3) is 0 Å². The van der Waals surface area contributed by atoms with E-state index in [1.807, 2.05) is 0 Å². The van der Waals surface area contributed by atoms with Crippen LogP contribution in [0.4, 0.5) is 0 Å². The number of ether oxygens (including phenoxy) is 2. The van der Waals surface area contributed by atoms with Crippen LogP contribution in [0.15, 0.2) is 0 Å². The van der Waals surface area contributed by atoms with Crippen molar-refractivity contribution in [3.8, 4) is 0 Å². The third kappa shape index (κ3) is 10.1. The Hall–Kier alpha value is -0.240. The zero-order valence-corrected chi connectivity index (χ0v) is 9.05. The Balaban J connectivity index is 3.53. The molecule has 0 amide bonds. The van der Waals surface area contributed by atoms with Gasteiger partial charge in [-0.2, -0.15) is 0 Å². The molecule has 0 unspecified atom stereocenters. The van der Waals surface area contributed by atoms with Gasteiger partial charge in [-0.3, -0.25) is 0 Å². The van der Waals surface area contributed by atoms with Crippen LogP contribution in [0.2, 0.25) is 0 Å². The maximum absolute atomic E-state index is 8.51. The Morgan fingerprint density at radius 2 is 1.53 bits per heavy atom. The van der Waals surface area contributed by atoms with Crippen LogP contribution in [-0.2, 0) is 19.2 Å². The second kappa shape index (κ2) is 11.8. The number of aliphatic hydroxyl groups is 2. The summed E-state index contributed by atoms with van der Waals surface area (Å²) in [6, 6.07) is 0. The van der Waals surface area contributed by atoms with Crippen LogP contribution in [0.1, 0.15) is 6.92 Å². The monoisotopic (exact) mass is 224 g/mol. The highest BCUT2D eigenvalue weighted by atomic mass is 17.2. The highest BCUT2D eigenvalue weighted by Crippen LogP contribution is 1.96. The quantitative estimate of drug-likeness (QED) is 0.276. The van der Waals surface area contributed by atoms with E-state index in [9.17, 15) is 0 Å². The molecule has 0 aromatic heterocycles. The molecule has 0 rings (SSSR count). The summed E-state index contributed by atoms with van der Waals surface area (Å²) in [5.41, 5.74) is 0. The fourth-order valence-electron chi connectivity index (χ4n) is 0.827. The lowest BCUT2D eigenvalue weighted by Crippen LogP contribution is -2.27. The molecule has 92 valence electrons. The third-order valence-electron chi connectivity index (χ3n) is 1.40. The van der Waals surface area contributed by atoms with E-state index >= 15 is 0 Å². The fourth-order valence-corrected chi connectivity index (χ4v) is 0.827. The van der Waals surface area contributed by atoms with Gasteiger partial charge in [-0.05, 0) is 6.92 Å². The molecule has 0 aliphatic carbocycles. The van der Waals surface area contributed by atoms with Crippen molar-refractivity contribution in [1.29, 1.82) is 0 Å². The van der Waals surface area contributed by atoms with Crippen LogP contribution < -0.4 is 0 Å². The Labute approximate surface area is 89.6 Å². The molecule has 0 saturated carbocycles. The van der Waals surface area contributed by atoms with Crippen molar-refractivity contribution in [2.24, 2.45) is 0 Å². The van der Waals surface area contributed by atoms with Crippen molar-refractivity contribution in [2.75, 3.05) is 46.2 Å². The van der Waals surface area contributed by atoms with Crippen molar-refractivity contribution >= 4 is 0 Å². The Bertz CT molecular complexity index is 111. The number of rotatable bonds is 11. The smallest absolute Gasteiger partial charge is 0.139 e. The number of hydrogen-bond acceptors (Lipinski definition) is 6. The second-order valence-electron chi connectivity index (χ2n) is 2.72. The van der Waals surface area contributed by atoms with Gasteiger partial charge >= 0.3 is 0 Å². The second-order valence-corrected chi connectivity index (χ2v) is 2.72. The van der Waals surface area contributed by atoms with E-state index in [1.165, 1.54) is 0 Å². The molecule has 6 nitrogen and oxygen atoms in total. The van der Waals surface area contributed by atoms with Crippen molar-refractivity contribution in [3.05, 3.63) is 0 Å². The molecule has 0 saturated heterocycles. The molecule has 0 fully saturated rings. The number of aliphatic hydroxyl groups excluding tert-OH is 2. The molecule has 0 atom stereocenters. The average Bonchev–Trinajstić information content (AvgIpc) is 2.25. The average molecular weight is 224 g/mol. The van der Waals surface area contributed by atoms with E-state index in [2.05, 4.69) is 0 Å². The minimum absolute atomic E-state index is 0.0289. The normalized spacial score (nSPS) is 11.2. The van der Waals surface area contributed by atoms with Crippen molar-refractivity contribution in [2.45, 2.75) is 13.0 Å².